The first-order valence-corrected chi connectivity index (χ1v) is 7.05. The molecule has 0 fully saturated rings. The molecular weight excluding hydrogens is 294 g/mol. The number of fused-ring (bicyclic) bond motifs is 3. The van der Waals surface area contributed by atoms with Crippen LogP contribution in [-0.4, -0.2) is 26.2 Å². The zero-order valence-corrected chi connectivity index (χ0v) is 12.3. The van der Waals surface area contributed by atoms with Crippen molar-refractivity contribution in [3.63, 3.8) is 0 Å². The molecule has 6 nitrogen and oxygen atoms in total. The highest BCUT2D eigenvalue weighted by Gasteiger charge is 2.17. The lowest BCUT2D eigenvalue weighted by molar-refractivity contribution is 0.414. The highest BCUT2D eigenvalue weighted by atomic mass is 16.5. The van der Waals surface area contributed by atoms with Crippen LogP contribution in [0.5, 0.6) is 11.6 Å². The number of hydrogen-bond donors (Lipinski definition) is 1. The second-order valence-corrected chi connectivity index (χ2v) is 5.11. The van der Waals surface area contributed by atoms with Gasteiger partial charge in [0.2, 0.25) is 5.88 Å². The predicted octanol–water partition coefficient (Wildman–Crippen LogP) is 2.35. The van der Waals surface area contributed by atoms with E-state index in [1.165, 1.54) is 15.2 Å². The summed E-state index contributed by atoms with van der Waals surface area (Å²) in [4.78, 5) is 17.2. The second kappa shape index (κ2) is 4.88. The van der Waals surface area contributed by atoms with Crippen LogP contribution in [0.4, 0.5) is 0 Å². The van der Waals surface area contributed by atoms with Crippen molar-refractivity contribution in [2.45, 2.75) is 0 Å². The third kappa shape index (κ3) is 1.88. The molecule has 114 valence electrons. The van der Waals surface area contributed by atoms with Gasteiger partial charge in [-0.1, -0.05) is 18.2 Å². The molecule has 2 heterocycles. The molecule has 0 spiro atoms. The zero-order chi connectivity index (χ0) is 16.0. The van der Waals surface area contributed by atoms with Crippen molar-refractivity contribution in [3.8, 4) is 17.3 Å². The highest BCUT2D eigenvalue weighted by molar-refractivity contribution is 5.79. The lowest BCUT2D eigenvalue weighted by Gasteiger charge is -2.05. The van der Waals surface area contributed by atoms with E-state index in [1.54, 1.807) is 37.4 Å². The standard InChI is InChI=1S/C17H13N3O3/c1-23-12-6-4-5-11(9-12)19-16(21)15-10-18-13-7-2-3-8-14(13)20(15)17(19)22/h2-10,21H,1H3. The van der Waals surface area contributed by atoms with Crippen molar-refractivity contribution < 1.29 is 9.84 Å². The van der Waals surface area contributed by atoms with Gasteiger partial charge in [0, 0.05) is 6.07 Å². The molecule has 0 amide bonds. The second-order valence-electron chi connectivity index (χ2n) is 5.11. The number of nitrogens with zero attached hydrogens (tertiary/aromatic N) is 3. The van der Waals surface area contributed by atoms with E-state index in [0.717, 1.165) is 0 Å². The van der Waals surface area contributed by atoms with E-state index >= 15 is 0 Å². The molecule has 1 N–H and O–H groups in total. The third-order valence-electron chi connectivity index (χ3n) is 3.82. The summed E-state index contributed by atoms with van der Waals surface area (Å²) in [7, 11) is 1.55. The van der Waals surface area contributed by atoms with E-state index in [-0.39, 0.29) is 11.6 Å². The number of methoxy groups -OCH3 is 1. The smallest absolute Gasteiger partial charge is 0.340 e. The minimum atomic E-state index is -0.357. The Kier molecular flexibility index (Phi) is 2.84. The summed E-state index contributed by atoms with van der Waals surface area (Å²) in [5.41, 5.74) is 1.86. The number of aromatic nitrogens is 3. The molecule has 2 aromatic carbocycles. The predicted molar refractivity (Wildman–Crippen MR) is 86.5 cm³/mol. The average molecular weight is 307 g/mol. The van der Waals surface area contributed by atoms with Crippen molar-refractivity contribution in [1.82, 2.24) is 14.0 Å². The largest absolute Gasteiger partial charge is 0.497 e. The van der Waals surface area contributed by atoms with Gasteiger partial charge in [-0.15, -0.1) is 0 Å². The normalized spacial score (nSPS) is 11.2. The van der Waals surface area contributed by atoms with Gasteiger partial charge >= 0.3 is 5.69 Å². The Morgan fingerprint density at radius 2 is 1.91 bits per heavy atom. The van der Waals surface area contributed by atoms with Gasteiger partial charge in [0.05, 0.1) is 30.0 Å². The Balaban J connectivity index is 2.12. The van der Waals surface area contributed by atoms with Gasteiger partial charge in [0.25, 0.3) is 0 Å². The molecule has 23 heavy (non-hydrogen) atoms. The topological polar surface area (TPSA) is 68.8 Å². The van der Waals surface area contributed by atoms with Gasteiger partial charge in [-0.25, -0.2) is 9.36 Å². The number of hydrogen-bond acceptors (Lipinski definition) is 4. The van der Waals surface area contributed by atoms with E-state index in [1.807, 2.05) is 18.2 Å². The Morgan fingerprint density at radius 3 is 2.74 bits per heavy atom. The maximum Gasteiger partial charge on any atom is 0.340 e. The van der Waals surface area contributed by atoms with Crippen LogP contribution >= 0.6 is 0 Å². The lowest BCUT2D eigenvalue weighted by atomic mass is 10.3. The summed E-state index contributed by atoms with van der Waals surface area (Å²) in [5, 5.41) is 10.5. The number of imidazole rings is 1. The van der Waals surface area contributed by atoms with Crippen molar-refractivity contribution in [3.05, 3.63) is 65.2 Å². The fourth-order valence-electron chi connectivity index (χ4n) is 2.73. The Morgan fingerprint density at radius 1 is 1.09 bits per heavy atom. The van der Waals surface area contributed by atoms with Crippen LogP contribution in [0.25, 0.3) is 22.2 Å². The van der Waals surface area contributed by atoms with E-state index in [0.29, 0.717) is 28.0 Å². The fourth-order valence-corrected chi connectivity index (χ4v) is 2.73. The lowest BCUT2D eigenvalue weighted by Crippen LogP contribution is -2.19. The minimum Gasteiger partial charge on any atom is -0.497 e. The summed E-state index contributed by atoms with van der Waals surface area (Å²) >= 11 is 0. The average Bonchev–Trinajstić information content (AvgIpc) is 2.86. The molecule has 0 bridgehead atoms. The monoisotopic (exact) mass is 307 g/mol. The van der Waals surface area contributed by atoms with Crippen LogP contribution in [0.2, 0.25) is 0 Å². The van der Waals surface area contributed by atoms with E-state index in [4.69, 9.17) is 4.74 Å². The third-order valence-corrected chi connectivity index (χ3v) is 3.82. The highest BCUT2D eigenvalue weighted by Crippen LogP contribution is 2.25. The van der Waals surface area contributed by atoms with Gasteiger partial charge in [0.1, 0.15) is 11.3 Å². The van der Waals surface area contributed by atoms with Gasteiger partial charge in [-0.2, -0.15) is 0 Å². The molecule has 0 unspecified atom stereocenters. The molecule has 2 aromatic heterocycles. The van der Waals surface area contributed by atoms with Crippen molar-refractivity contribution in [1.29, 1.82) is 0 Å². The van der Waals surface area contributed by atoms with Gasteiger partial charge in [-0.05, 0) is 24.3 Å². The number of ether oxygens (including phenoxy) is 1. The molecule has 0 aliphatic heterocycles. The maximum absolute atomic E-state index is 12.9. The summed E-state index contributed by atoms with van der Waals surface area (Å²) in [5.74, 6) is 0.452. The Bertz CT molecular complexity index is 1100. The SMILES string of the molecule is COc1cccc(-n2c(O)c3cnc4ccccc4n3c2=O)c1. The summed E-state index contributed by atoms with van der Waals surface area (Å²) in [6.07, 6.45) is 1.50. The molecule has 0 radical (unpaired) electrons. The number of para-hydroxylation sites is 2. The number of rotatable bonds is 2. The van der Waals surface area contributed by atoms with Crippen LogP contribution in [0, 0.1) is 0 Å². The van der Waals surface area contributed by atoms with Crippen LogP contribution in [0.3, 0.4) is 0 Å². The Hall–Kier alpha value is -3.28. The van der Waals surface area contributed by atoms with Gasteiger partial charge in [0.15, 0.2) is 0 Å². The molecule has 4 rings (SSSR count). The molecule has 0 aliphatic rings. The van der Waals surface area contributed by atoms with Crippen LogP contribution in [0.1, 0.15) is 0 Å². The maximum atomic E-state index is 12.9. The zero-order valence-electron chi connectivity index (χ0n) is 12.3. The molecule has 4 aromatic rings. The summed E-state index contributed by atoms with van der Waals surface area (Å²) in [6, 6.07) is 14.3. The first-order chi connectivity index (χ1) is 11.2. The number of aromatic hydroxyl groups is 1. The quantitative estimate of drug-likeness (QED) is 0.617. The van der Waals surface area contributed by atoms with Crippen LogP contribution < -0.4 is 10.4 Å². The molecule has 6 heteroatoms. The molecule has 0 atom stereocenters. The van der Waals surface area contributed by atoms with Crippen LogP contribution in [0.15, 0.2) is 59.5 Å². The summed E-state index contributed by atoms with van der Waals surface area (Å²) in [6.45, 7) is 0. The molecular formula is C17H13N3O3. The van der Waals surface area contributed by atoms with E-state index in [9.17, 15) is 9.90 Å². The Labute approximate surface area is 130 Å². The first kappa shape index (κ1) is 13.4. The van der Waals surface area contributed by atoms with Crippen molar-refractivity contribution in [2.24, 2.45) is 0 Å². The van der Waals surface area contributed by atoms with Crippen molar-refractivity contribution in [2.75, 3.05) is 7.11 Å². The molecule has 0 aliphatic carbocycles. The first-order valence-electron chi connectivity index (χ1n) is 7.05. The van der Waals surface area contributed by atoms with Crippen molar-refractivity contribution >= 4 is 16.6 Å². The van der Waals surface area contributed by atoms with E-state index in [2.05, 4.69) is 4.98 Å². The van der Waals surface area contributed by atoms with Gasteiger partial charge in [-0.3, -0.25) is 9.38 Å². The van der Waals surface area contributed by atoms with Gasteiger partial charge < -0.3 is 9.84 Å². The fraction of sp³-hybridized carbons (Fsp3) is 0.0588. The number of benzene rings is 2. The summed E-state index contributed by atoms with van der Waals surface area (Å²) < 4.78 is 7.88. The minimum absolute atomic E-state index is 0.151. The molecule has 0 saturated heterocycles. The molecule has 0 saturated carbocycles. The van der Waals surface area contributed by atoms with E-state index < -0.39 is 0 Å². The van der Waals surface area contributed by atoms with Crippen LogP contribution in [-0.2, 0) is 0 Å².